The number of benzene rings is 2. The minimum Gasteiger partial charge on any atom is -0.483 e. The molecule has 6 nitrogen and oxygen atoms in total. The van der Waals surface area contributed by atoms with Gasteiger partial charge in [0.15, 0.2) is 12.4 Å². The van der Waals surface area contributed by atoms with Gasteiger partial charge in [-0.15, -0.1) is 0 Å². The molecule has 0 atom stereocenters. The summed E-state index contributed by atoms with van der Waals surface area (Å²) < 4.78 is 5.65. The lowest BCUT2D eigenvalue weighted by Gasteiger charge is -2.11. The highest BCUT2D eigenvalue weighted by atomic mass is 16.5. The lowest BCUT2D eigenvalue weighted by atomic mass is 10.1. The van der Waals surface area contributed by atoms with Crippen molar-refractivity contribution in [3.8, 4) is 17.1 Å². The number of amides is 1. The summed E-state index contributed by atoms with van der Waals surface area (Å²) in [6.07, 6.45) is 1.43. The maximum absolute atomic E-state index is 12.1. The average molecular weight is 322 g/mol. The van der Waals surface area contributed by atoms with Gasteiger partial charge in [0.1, 0.15) is 12.1 Å². The summed E-state index contributed by atoms with van der Waals surface area (Å²) in [7, 11) is 0. The Kier molecular flexibility index (Phi) is 4.56. The van der Waals surface area contributed by atoms with Crippen LogP contribution >= 0.6 is 0 Å². The fourth-order valence-corrected chi connectivity index (χ4v) is 2.28. The van der Waals surface area contributed by atoms with Crippen LogP contribution in [-0.4, -0.2) is 27.7 Å². The van der Waals surface area contributed by atoms with Crippen molar-refractivity contribution in [2.24, 2.45) is 0 Å². The average Bonchev–Trinajstić information content (AvgIpc) is 3.11. The topological polar surface area (TPSA) is 79.9 Å². The summed E-state index contributed by atoms with van der Waals surface area (Å²) in [6.45, 7) is 3.96. The number of H-pyrrole nitrogens is 1. The molecule has 3 aromatic rings. The number of ether oxygens (including phenoxy) is 1. The number of anilines is 1. The summed E-state index contributed by atoms with van der Waals surface area (Å²) in [5.74, 6) is 0.954. The Hall–Kier alpha value is -3.15. The van der Waals surface area contributed by atoms with E-state index in [2.05, 4.69) is 20.5 Å². The summed E-state index contributed by atoms with van der Waals surface area (Å²) in [5, 5.41) is 9.46. The van der Waals surface area contributed by atoms with Gasteiger partial charge >= 0.3 is 0 Å². The smallest absolute Gasteiger partial charge is 0.262 e. The second kappa shape index (κ2) is 6.95. The lowest BCUT2D eigenvalue weighted by Crippen LogP contribution is -2.20. The maximum Gasteiger partial charge on any atom is 0.262 e. The Morgan fingerprint density at radius 3 is 2.75 bits per heavy atom. The number of aromatic amines is 1. The lowest BCUT2D eigenvalue weighted by molar-refractivity contribution is -0.118. The monoisotopic (exact) mass is 322 g/mol. The number of aromatic nitrogens is 3. The quantitative estimate of drug-likeness (QED) is 0.756. The first-order valence-electron chi connectivity index (χ1n) is 7.58. The summed E-state index contributed by atoms with van der Waals surface area (Å²) in [5.41, 5.74) is 3.83. The molecule has 1 aromatic heterocycles. The molecule has 0 spiro atoms. The van der Waals surface area contributed by atoms with E-state index in [1.165, 1.54) is 11.9 Å². The van der Waals surface area contributed by atoms with Crippen LogP contribution in [0.2, 0.25) is 0 Å². The second-order valence-corrected chi connectivity index (χ2v) is 5.47. The van der Waals surface area contributed by atoms with Crippen molar-refractivity contribution < 1.29 is 9.53 Å². The molecule has 0 aliphatic heterocycles. The van der Waals surface area contributed by atoms with E-state index in [4.69, 9.17) is 4.74 Å². The zero-order valence-corrected chi connectivity index (χ0v) is 13.5. The third-order valence-corrected chi connectivity index (χ3v) is 3.71. The number of carbonyl (C=O) groups is 1. The number of rotatable bonds is 5. The molecule has 0 saturated heterocycles. The fraction of sp³-hybridized carbons (Fsp3) is 0.167. The van der Waals surface area contributed by atoms with Crippen molar-refractivity contribution in [2.75, 3.05) is 11.9 Å². The van der Waals surface area contributed by atoms with Crippen LogP contribution in [0.5, 0.6) is 5.75 Å². The van der Waals surface area contributed by atoms with Crippen LogP contribution in [0.1, 0.15) is 11.1 Å². The van der Waals surface area contributed by atoms with Crippen molar-refractivity contribution in [2.45, 2.75) is 13.8 Å². The van der Waals surface area contributed by atoms with E-state index in [0.717, 1.165) is 16.8 Å². The standard InChI is InChI=1S/C18H18N4O2/c1-12-7-8-14(9-13(12)2)21-17(23)10-24-16-6-4-3-5-15(16)18-19-11-20-22-18/h3-9,11H,10H2,1-2H3,(H,21,23)(H,19,20,22). The van der Waals surface area contributed by atoms with Crippen molar-refractivity contribution >= 4 is 11.6 Å². The summed E-state index contributed by atoms with van der Waals surface area (Å²) in [4.78, 5) is 16.2. The number of hydrogen-bond acceptors (Lipinski definition) is 4. The SMILES string of the molecule is Cc1ccc(NC(=O)COc2ccccc2-c2ncn[nH]2)cc1C. The van der Waals surface area contributed by atoms with Gasteiger partial charge in [0.2, 0.25) is 0 Å². The molecule has 1 heterocycles. The van der Waals surface area contributed by atoms with Crippen LogP contribution in [0.15, 0.2) is 48.8 Å². The summed E-state index contributed by atoms with van der Waals surface area (Å²) >= 11 is 0. The zero-order chi connectivity index (χ0) is 16.9. The molecule has 2 aromatic carbocycles. The van der Waals surface area contributed by atoms with Crippen molar-refractivity contribution in [1.82, 2.24) is 15.2 Å². The van der Waals surface area contributed by atoms with E-state index in [1.807, 2.05) is 50.2 Å². The third-order valence-electron chi connectivity index (χ3n) is 3.71. The predicted molar refractivity (Wildman–Crippen MR) is 91.9 cm³/mol. The fourth-order valence-electron chi connectivity index (χ4n) is 2.28. The Balaban J connectivity index is 1.66. The van der Waals surface area contributed by atoms with E-state index >= 15 is 0 Å². The highest BCUT2D eigenvalue weighted by Gasteiger charge is 2.10. The molecule has 122 valence electrons. The molecule has 0 bridgehead atoms. The van der Waals surface area contributed by atoms with E-state index in [1.54, 1.807) is 6.07 Å². The van der Waals surface area contributed by atoms with Crippen LogP contribution in [0, 0.1) is 13.8 Å². The molecule has 0 saturated carbocycles. The van der Waals surface area contributed by atoms with Crippen LogP contribution in [-0.2, 0) is 4.79 Å². The van der Waals surface area contributed by atoms with E-state index < -0.39 is 0 Å². The van der Waals surface area contributed by atoms with Gasteiger partial charge in [-0.3, -0.25) is 9.89 Å². The molecule has 1 amide bonds. The normalized spacial score (nSPS) is 10.4. The van der Waals surface area contributed by atoms with Gasteiger partial charge in [-0.2, -0.15) is 5.10 Å². The molecule has 6 heteroatoms. The number of para-hydroxylation sites is 1. The largest absolute Gasteiger partial charge is 0.483 e. The highest BCUT2D eigenvalue weighted by molar-refractivity contribution is 5.92. The molecule has 24 heavy (non-hydrogen) atoms. The Morgan fingerprint density at radius 1 is 1.17 bits per heavy atom. The Bertz CT molecular complexity index is 844. The molecule has 3 rings (SSSR count). The van der Waals surface area contributed by atoms with Gasteiger partial charge in [0, 0.05) is 5.69 Å². The predicted octanol–water partition coefficient (Wildman–Crippen LogP) is 3.11. The number of nitrogens with zero attached hydrogens (tertiary/aromatic N) is 2. The minimum atomic E-state index is -0.217. The van der Waals surface area contributed by atoms with E-state index in [-0.39, 0.29) is 12.5 Å². The van der Waals surface area contributed by atoms with E-state index in [0.29, 0.717) is 11.6 Å². The van der Waals surface area contributed by atoms with Crippen LogP contribution in [0.25, 0.3) is 11.4 Å². The molecule has 0 fully saturated rings. The molecule has 0 aliphatic rings. The Labute approximate surface area is 139 Å². The third kappa shape index (κ3) is 3.60. The van der Waals surface area contributed by atoms with Gasteiger partial charge in [0.05, 0.1) is 5.56 Å². The van der Waals surface area contributed by atoms with Crippen LogP contribution in [0.4, 0.5) is 5.69 Å². The van der Waals surface area contributed by atoms with Gasteiger partial charge in [-0.05, 0) is 49.2 Å². The van der Waals surface area contributed by atoms with Crippen molar-refractivity contribution in [3.05, 3.63) is 59.9 Å². The first kappa shape index (κ1) is 15.7. The van der Waals surface area contributed by atoms with Crippen molar-refractivity contribution in [3.63, 3.8) is 0 Å². The Morgan fingerprint density at radius 2 is 2.00 bits per heavy atom. The van der Waals surface area contributed by atoms with Gasteiger partial charge < -0.3 is 10.1 Å². The van der Waals surface area contributed by atoms with E-state index in [9.17, 15) is 4.79 Å². The second-order valence-electron chi connectivity index (χ2n) is 5.47. The number of nitrogens with one attached hydrogen (secondary N) is 2. The van der Waals surface area contributed by atoms with Gasteiger partial charge in [-0.25, -0.2) is 4.98 Å². The maximum atomic E-state index is 12.1. The van der Waals surface area contributed by atoms with Crippen LogP contribution in [0.3, 0.4) is 0 Å². The summed E-state index contributed by atoms with van der Waals surface area (Å²) in [6, 6.07) is 13.2. The molecule has 0 unspecified atom stereocenters. The zero-order valence-electron chi connectivity index (χ0n) is 13.5. The molecular formula is C18H18N4O2. The minimum absolute atomic E-state index is 0.0852. The molecule has 0 aliphatic carbocycles. The molecule has 2 N–H and O–H groups in total. The number of carbonyl (C=O) groups excluding carboxylic acids is 1. The van der Waals surface area contributed by atoms with Gasteiger partial charge in [-0.1, -0.05) is 18.2 Å². The number of hydrogen-bond donors (Lipinski definition) is 2. The first-order chi connectivity index (χ1) is 11.6. The highest BCUT2D eigenvalue weighted by Crippen LogP contribution is 2.26. The molecule has 0 radical (unpaired) electrons. The first-order valence-corrected chi connectivity index (χ1v) is 7.58. The van der Waals surface area contributed by atoms with Gasteiger partial charge in [0.25, 0.3) is 5.91 Å². The number of aryl methyl sites for hydroxylation is 2. The van der Waals surface area contributed by atoms with Crippen molar-refractivity contribution in [1.29, 1.82) is 0 Å². The van der Waals surface area contributed by atoms with Crippen LogP contribution < -0.4 is 10.1 Å². The molecular weight excluding hydrogens is 304 g/mol.